The number of hydrogen-bond donors (Lipinski definition) is 4. The molecule has 0 aliphatic heterocycles. The second-order valence-corrected chi connectivity index (χ2v) is 6.25. The molecule has 1 aromatic carbocycles. The summed E-state index contributed by atoms with van der Waals surface area (Å²) < 4.78 is 0. The molecule has 8 nitrogen and oxygen atoms in total. The maximum Gasteiger partial charge on any atom is 0.220 e. The minimum absolute atomic E-state index is 0.229. The molecule has 0 spiro atoms. The van der Waals surface area contributed by atoms with E-state index < -0.39 is 0 Å². The number of nitrogens with one attached hydrogen (secondary N) is 2. The summed E-state index contributed by atoms with van der Waals surface area (Å²) in [6.45, 7) is 0.798. The van der Waals surface area contributed by atoms with Crippen LogP contribution >= 0.6 is 0 Å². The lowest BCUT2D eigenvalue weighted by Gasteiger charge is -2.07. The molecule has 4 aromatic rings. The Morgan fingerprint density at radius 2 is 1.89 bits per heavy atom. The van der Waals surface area contributed by atoms with Gasteiger partial charge >= 0.3 is 0 Å². The average molecular weight is 360 g/mol. The van der Waals surface area contributed by atoms with Gasteiger partial charge in [-0.3, -0.25) is 10.1 Å². The molecule has 0 aliphatic carbocycles. The van der Waals surface area contributed by atoms with Crippen molar-refractivity contribution in [1.82, 2.24) is 25.1 Å². The smallest absolute Gasteiger partial charge is 0.220 e. The van der Waals surface area contributed by atoms with Crippen LogP contribution in [0.1, 0.15) is 12.0 Å². The molecule has 0 bridgehead atoms. The second kappa shape index (κ2) is 7.28. The molecule has 0 fully saturated rings. The van der Waals surface area contributed by atoms with Crippen LogP contribution in [0.25, 0.3) is 22.2 Å². The summed E-state index contributed by atoms with van der Waals surface area (Å²) in [5.74, 6) is 0.985. The molecule has 0 radical (unpaired) electrons. The third-order valence-electron chi connectivity index (χ3n) is 4.35. The van der Waals surface area contributed by atoms with Crippen LogP contribution < -0.4 is 16.8 Å². The zero-order valence-corrected chi connectivity index (χ0v) is 14.7. The third-order valence-corrected chi connectivity index (χ3v) is 4.35. The SMILES string of the molecule is Nc1nccc(-c2cc(N)c3c(NCCCc4ccncc4)n[nH]c3c2)n1. The minimum Gasteiger partial charge on any atom is -0.398 e. The van der Waals surface area contributed by atoms with Crippen LogP contribution in [0.4, 0.5) is 17.5 Å². The van der Waals surface area contributed by atoms with Crippen molar-refractivity contribution in [2.75, 3.05) is 23.3 Å². The Morgan fingerprint density at radius 3 is 2.70 bits per heavy atom. The van der Waals surface area contributed by atoms with Gasteiger partial charge in [-0.05, 0) is 48.7 Å². The molecule has 0 aliphatic rings. The van der Waals surface area contributed by atoms with E-state index in [1.54, 1.807) is 12.3 Å². The predicted octanol–water partition coefficient (Wildman–Crippen LogP) is 2.62. The fourth-order valence-electron chi connectivity index (χ4n) is 3.05. The maximum atomic E-state index is 6.29. The van der Waals surface area contributed by atoms with Gasteiger partial charge in [-0.15, -0.1) is 0 Å². The highest BCUT2D eigenvalue weighted by atomic mass is 15.2. The zero-order chi connectivity index (χ0) is 18.6. The van der Waals surface area contributed by atoms with Crippen LogP contribution in [0.5, 0.6) is 0 Å². The van der Waals surface area contributed by atoms with Crippen LogP contribution in [0.2, 0.25) is 0 Å². The summed E-state index contributed by atoms with van der Waals surface area (Å²) in [4.78, 5) is 12.2. The molecular formula is C19H20N8. The zero-order valence-electron chi connectivity index (χ0n) is 14.7. The highest BCUT2D eigenvalue weighted by molar-refractivity contribution is 6.01. The fraction of sp³-hybridized carbons (Fsp3) is 0.158. The summed E-state index contributed by atoms with van der Waals surface area (Å²) in [7, 11) is 0. The van der Waals surface area contributed by atoms with Crippen LogP contribution in [-0.2, 0) is 6.42 Å². The van der Waals surface area contributed by atoms with Gasteiger partial charge in [0.15, 0.2) is 5.82 Å². The van der Waals surface area contributed by atoms with Gasteiger partial charge in [0.05, 0.1) is 16.6 Å². The van der Waals surface area contributed by atoms with Crippen molar-refractivity contribution in [1.29, 1.82) is 0 Å². The van der Waals surface area contributed by atoms with Gasteiger partial charge in [0, 0.05) is 36.4 Å². The number of aromatic nitrogens is 5. The molecule has 0 saturated heterocycles. The molecule has 0 unspecified atom stereocenters. The highest BCUT2D eigenvalue weighted by Crippen LogP contribution is 2.31. The molecule has 3 aromatic heterocycles. The Bertz CT molecular complexity index is 1060. The molecule has 0 atom stereocenters. The number of rotatable bonds is 6. The van der Waals surface area contributed by atoms with Crippen LogP contribution in [0, 0.1) is 0 Å². The number of H-pyrrole nitrogens is 1. The van der Waals surface area contributed by atoms with Crippen LogP contribution in [0.15, 0.2) is 48.9 Å². The minimum atomic E-state index is 0.229. The van der Waals surface area contributed by atoms with E-state index in [-0.39, 0.29) is 5.95 Å². The molecule has 4 rings (SSSR count). The highest BCUT2D eigenvalue weighted by Gasteiger charge is 2.12. The number of nitrogen functional groups attached to an aromatic ring is 2. The lowest BCUT2D eigenvalue weighted by Crippen LogP contribution is -2.04. The van der Waals surface area contributed by atoms with E-state index in [1.165, 1.54) is 5.56 Å². The summed E-state index contributed by atoms with van der Waals surface area (Å²) >= 11 is 0. The average Bonchev–Trinajstić information content (AvgIpc) is 3.10. The lowest BCUT2D eigenvalue weighted by molar-refractivity contribution is 0.856. The predicted molar refractivity (Wildman–Crippen MR) is 107 cm³/mol. The first-order chi connectivity index (χ1) is 13.2. The molecule has 6 N–H and O–H groups in total. The summed E-state index contributed by atoms with van der Waals surface area (Å²) in [5, 5.41) is 11.6. The Kier molecular flexibility index (Phi) is 4.52. The lowest BCUT2D eigenvalue weighted by atomic mass is 10.1. The first-order valence-corrected chi connectivity index (χ1v) is 8.70. The molecule has 0 saturated carbocycles. The molecular weight excluding hydrogens is 340 g/mol. The van der Waals surface area contributed by atoms with Crippen molar-refractivity contribution in [2.24, 2.45) is 0 Å². The van der Waals surface area contributed by atoms with E-state index >= 15 is 0 Å². The largest absolute Gasteiger partial charge is 0.398 e. The van der Waals surface area contributed by atoms with E-state index in [0.29, 0.717) is 5.69 Å². The van der Waals surface area contributed by atoms with Gasteiger partial charge in [-0.25, -0.2) is 9.97 Å². The number of hydrogen-bond acceptors (Lipinski definition) is 7. The third kappa shape index (κ3) is 3.64. The summed E-state index contributed by atoms with van der Waals surface area (Å²) in [6, 6.07) is 9.70. The number of nitrogens with two attached hydrogens (primary N) is 2. The number of pyridine rings is 1. The maximum absolute atomic E-state index is 6.29. The van der Waals surface area contributed by atoms with Crippen molar-refractivity contribution in [3.05, 3.63) is 54.5 Å². The van der Waals surface area contributed by atoms with Crippen molar-refractivity contribution in [3.8, 4) is 11.3 Å². The number of aryl methyl sites for hydroxylation is 1. The van der Waals surface area contributed by atoms with Crippen molar-refractivity contribution >= 4 is 28.4 Å². The monoisotopic (exact) mass is 360 g/mol. The van der Waals surface area contributed by atoms with E-state index in [1.807, 2.05) is 36.7 Å². The van der Waals surface area contributed by atoms with Crippen molar-refractivity contribution < 1.29 is 0 Å². The van der Waals surface area contributed by atoms with Crippen molar-refractivity contribution in [2.45, 2.75) is 12.8 Å². The van der Waals surface area contributed by atoms with E-state index in [0.717, 1.165) is 47.4 Å². The number of nitrogens with zero attached hydrogens (tertiary/aromatic N) is 4. The molecule has 8 heteroatoms. The van der Waals surface area contributed by atoms with Gasteiger partial charge in [0.25, 0.3) is 0 Å². The normalized spacial score (nSPS) is 11.0. The number of benzene rings is 1. The number of fused-ring (bicyclic) bond motifs is 1. The van der Waals surface area contributed by atoms with E-state index in [4.69, 9.17) is 11.5 Å². The summed E-state index contributed by atoms with van der Waals surface area (Å²) in [5.41, 5.74) is 16.3. The standard InChI is InChI=1S/C19H20N8/c20-14-10-13(15-5-9-24-19(21)25-15)11-16-17(14)18(27-26-16)23-6-1-2-12-3-7-22-8-4-12/h3-5,7-11H,1-2,6,20H2,(H2,21,24,25)(H2,23,26,27). The first kappa shape index (κ1) is 16.8. The Morgan fingerprint density at radius 1 is 1.04 bits per heavy atom. The molecule has 136 valence electrons. The Labute approximate surface area is 156 Å². The topological polar surface area (TPSA) is 131 Å². The first-order valence-electron chi connectivity index (χ1n) is 8.70. The molecule has 3 heterocycles. The van der Waals surface area contributed by atoms with Gasteiger partial charge in [0.2, 0.25) is 5.95 Å². The van der Waals surface area contributed by atoms with Crippen molar-refractivity contribution in [3.63, 3.8) is 0 Å². The van der Waals surface area contributed by atoms with Crippen LogP contribution in [-0.4, -0.2) is 31.7 Å². The molecule has 0 amide bonds. The van der Waals surface area contributed by atoms with Gasteiger partial charge in [-0.2, -0.15) is 5.10 Å². The van der Waals surface area contributed by atoms with E-state index in [9.17, 15) is 0 Å². The quantitative estimate of drug-likeness (QED) is 0.307. The van der Waals surface area contributed by atoms with E-state index in [2.05, 4.69) is 30.5 Å². The van der Waals surface area contributed by atoms with Crippen LogP contribution in [0.3, 0.4) is 0 Å². The van der Waals surface area contributed by atoms with Gasteiger partial charge < -0.3 is 16.8 Å². The van der Waals surface area contributed by atoms with Gasteiger partial charge in [-0.1, -0.05) is 0 Å². The number of aromatic amines is 1. The second-order valence-electron chi connectivity index (χ2n) is 6.25. The summed E-state index contributed by atoms with van der Waals surface area (Å²) in [6.07, 6.45) is 7.21. The molecule has 27 heavy (non-hydrogen) atoms. The van der Waals surface area contributed by atoms with Gasteiger partial charge in [0.1, 0.15) is 0 Å². The Hall–Kier alpha value is -3.68. The Balaban J connectivity index is 1.50. The number of anilines is 3. The fourth-order valence-corrected chi connectivity index (χ4v) is 3.05.